The van der Waals surface area contributed by atoms with Gasteiger partial charge in [0.05, 0.1) is 0 Å². The van der Waals surface area contributed by atoms with E-state index >= 15 is 0 Å². The molecule has 0 fully saturated rings. The van der Waals surface area contributed by atoms with Crippen molar-refractivity contribution in [3.8, 4) is 0 Å². The van der Waals surface area contributed by atoms with E-state index in [1.54, 1.807) is 10.5 Å². The Labute approximate surface area is 125 Å². The second-order valence-corrected chi connectivity index (χ2v) is 7.43. The number of allylic oxidation sites excluding steroid dienone is 3. The zero-order valence-electron chi connectivity index (χ0n) is 13.5. The molecule has 1 heterocycles. The lowest BCUT2D eigenvalue weighted by molar-refractivity contribution is 0.490. The van der Waals surface area contributed by atoms with Crippen molar-refractivity contribution < 1.29 is 0 Å². The maximum atomic E-state index is 2.43. The summed E-state index contributed by atoms with van der Waals surface area (Å²) in [5.41, 5.74) is 1.65. The molecule has 1 aliphatic rings. The maximum absolute atomic E-state index is 2.43. The highest BCUT2D eigenvalue weighted by Crippen LogP contribution is 2.45. The lowest BCUT2D eigenvalue weighted by Crippen LogP contribution is -2.06. The highest BCUT2D eigenvalue weighted by Gasteiger charge is 2.28. The van der Waals surface area contributed by atoms with Crippen molar-refractivity contribution in [1.29, 1.82) is 0 Å². The minimum absolute atomic E-state index is 0.687. The summed E-state index contributed by atoms with van der Waals surface area (Å²) in [7, 11) is 0. The summed E-state index contributed by atoms with van der Waals surface area (Å²) in [4.78, 5) is 1.68. The number of rotatable bonds is 8. The third kappa shape index (κ3) is 5.38. The number of hydrogen-bond donors (Lipinski definition) is 0. The minimum atomic E-state index is 0.687. The van der Waals surface area contributed by atoms with Gasteiger partial charge in [0.1, 0.15) is 0 Å². The molecule has 0 amide bonds. The normalized spacial score (nSPS) is 25.5. The quantitative estimate of drug-likeness (QED) is 0.357. The molecule has 1 rings (SSSR count). The second kappa shape index (κ2) is 8.89. The maximum Gasteiger partial charge on any atom is 0.0334 e. The van der Waals surface area contributed by atoms with E-state index in [4.69, 9.17) is 0 Å². The molecular weight excluding hydrogens is 248 g/mol. The first-order valence-electron chi connectivity index (χ1n) is 8.09. The fourth-order valence-electron chi connectivity index (χ4n) is 2.80. The average molecular weight is 281 g/mol. The van der Waals surface area contributed by atoms with Crippen LogP contribution in [0.25, 0.3) is 0 Å². The van der Waals surface area contributed by atoms with Crippen LogP contribution in [0, 0.1) is 11.8 Å². The van der Waals surface area contributed by atoms with E-state index in [0.29, 0.717) is 5.25 Å². The monoisotopic (exact) mass is 280 g/mol. The second-order valence-electron chi connectivity index (χ2n) is 6.16. The van der Waals surface area contributed by atoms with Crippen LogP contribution in [0.4, 0.5) is 0 Å². The van der Waals surface area contributed by atoms with Crippen molar-refractivity contribution in [2.24, 2.45) is 11.8 Å². The first-order chi connectivity index (χ1) is 9.10. The summed E-state index contributed by atoms with van der Waals surface area (Å²) in [6.07, 6.45) is 12.9. The number of hydrogen-bond acceptors (Lipinski definition) is 1. The Morgan fingerprint density at radius 3 is 2.63 bits per heavy atom. The van der Waals surface area contributed by atoms with Gasteiger partial charge in [-0.1, -0.05) is 70.6 Å². The molecule has 3 unspecified atom stereocenters. The van der Waals surface area contributed by atoms with Gasteiger partial charge in [0.15, 0.2) is 0 Å². The van der Waals surface area contributed by atoms with Crippen LogP contribution in [-0.2, 0) is 0 Å². The van der Waals surface area contributed by atoms with Crippen molar-refractivity contribution >= 4 is 11.8 Å². The molecule has 0 saturated heterocycles. The first kappa shape index (κ1) is 16.9. The smallest absolute Gasteiger partial charge is 0.0334 e. The van der Waals surface area contributed by atoms with E-state index in [1.165, 1.54) is 38.5 Å². The molecule has 110 valence electrons. The van der Waals surface area contributed by atoms with E-state index in [1.807, 2.05) is 0 Å². The zero-order chi connectivity index (χ0) is 14.3. The summed E-state index contributed by atoms with van der Waals surface area (Å²) >= 11 is 2.12. The zero-order valence-corrected chi connectivity index (χ0v) is 14.4. The Bertz CT molecular complexity index is 314. The van der Waals surface area contributed by atoms with Crippen LogP contribution in [0.15, 0.2) is 22.6 Å². The Kier molecular flexibility index (Phi) is 7.90. The SMILES string of the molecule is C/C=C\C1SC(CC(C)CCCCCC)=C(C)C1C. The van der Waals surface area contributed by atoms with Crippen molar-refractivity contribution in [1.82, 2.24) is 0 Å². The van der Waals surface area contributed by atoms with E-state index in [2.05, 4.69) is 58.5 Å². The van der Waals surface area contributed by atoms with Crippen LogP contribution >= 0.6 is 11.8 Å². The highest BCUT2D eigenvalue weighted by atomic mass is 32.2. The first-order valence-corrected chi connectivity index (χ1v) is 8.97. The van der Waals surface area contributed by atoms with Gasteiger partial charge in [0, 0.05) is 5.25 Å². The van der Waals surface area contributed by atoms with Gasteiger partial charge in [0.25, 0.3) is 0 Å². The molecular formula is C18H32S. The molecule has 0 aromatic carbocycles. The largest absolute Gasteiger partial charge is 0.122 e. The summed E-state index contributed by atoms with van der Waals surface area (Å²) in [6.45, 7) is 11.6. The number of thioether (sulfide) groups is 1. The fourth-order valence-corrected chi connectivity index (χ4v) is 4.53. The van der Waals surface area contributed by atoms with Gasteiger partial charge >= 0.3 is 0 Å². The van der Waals surface area contributed by atoms with E-state index in [9.17, 15) is 0 Å². The van der Waals surface area contributed by atoms with Gasteiger partial charge in [-0.2, -0.15) is 0 Å². The summed E-state index contributed by atoms with van der Waals surface area (Å²) in [5, 5.41) is 0.687. The van der Waals surface area contributed by atoms with Crippen LogP contribution in [0.5, 0.6) is 0 Å². The molecule has 0 radical (unpaired) electrons. The van der Waals surface area contributed by atoms with Crippen LogP contribution in [-0.4, -0.2) is 5.25 Å². The van der Waals surface area contributed by atoms with Gasteiger partial charge in [0.2, 0.25) is 0 Å². The van der Waals surface area contributed by atoms with Gasteiger partial charge < -0.3 is 0 Å². The topological polar surface area (TPSA) is 0 Å². The third-order valence-corrected chi connectivity index (χ3v) is 5.97. The third-order valence-electron chi connectivity index (χ3n) is 4.36. The van der Waals surface area contributed by atoms with E-state index < -0.39 is 0 Å². The average Bonchev–Trinajstić information content (AvgIpc) is 2.64. The summed E-state index contributed by atoms with van der Waals surface area (Å²) in [5.74, 6) is 1.58. The van der Waals surface area contributed by atoms with Gasteiger partial charge in [-0.3, -0.25) is 0 Å². The van der Waals surface area contributed by atoms with Crippen LogP contribution in [0.2, 0.25) is 0 Å². The molecule has 0 aliphatic carbocycles. The fraction of sp³-hybridized carbons (Fsp3) is 0.778. The predicted octanol–water partition coefficient (Wildman–Crippen LogP) is 6.58. The molecule has 0 N–H and O–H groups in total. The number of unbranched alkanes of at least 4 members (excludes halogenated alkanes) is 3. The van der Waals surface area contributed by atoms with Gasteiger partial charge in [-0.25, -0.2) is 0 Å². The molecule has 0 saturated carbocycles. The predicted molar refractivity (Wildman–Crippen MR) is 90.6 cm³/mol. The molecule has 1 aliphatic heterocycles. The Hall–Kier alpha value is -0.170. The van der Waals surface area contributed by atoms with Crippen molar-refractivity contribution in [2.75, 3.05) is 0 Å². The minimum Gasteiger partial charge on any atom is -0.122 e. The lowest BCUT2D eigenvalue weighted by Gasteiger charge is -2.13. The van der Waals surface area contributed by atoms with Crippen LogP contribution in [0.3, 0.4) is 0 Å². The molecule has 1 heteroatoms. The summed E-state index contributed by atoms with van der Waals surface area (Å²) in [6, 6.07) is 0. The molecule has 3 atom stereocenters. The summed E-state index contributed by atoms with van der Waals surface area (Å²) < 4.78 is 0. The lowest BCUT2D eigenvalue weighted by atomic mass is 9.94. The van der Waals surface area contributed by atoms with Crippen LogP contribution in [0.1, 0.15) is 73.1 Å². The Morgan fingerprint density at radius 1 is 1.26 bits per heavy atom. The standard InChI is InChI=1S/C18H32S/c1-6-8-9-10-12-14(3)13-18-16(5)15(4)17(19-18)11-7-2/h7,11,14-15,17H,6,8-10,12-13H2,1-5H3/b11-7-. The van der Waals surface area contributed by atoms with Crippen LogP contribution < -0.4 is 0 Å². The van der Waals surface area contributed by atoms with E-state index in [-0.39, 0.29) is 0 Å². The van der Waals surface area contributed by atoms with Crippen molar-refractivity contribution in [2.45, 2.75) is 78.4 Å². The Balaban J connectivity index is 2.39. The molecule has 0 bridgehead atoms. The van der Waals surface area contributed by atoms with Gasteiger partial charge in [-0.05, 0) is 37.0 Å². The molecule has 0 nitrogen and oxygen atoms in total. The molecule has 0 aromatic rings. The Morgan fingerprint density at radius 2 is 2.00 bits per heavy atom. The van der Waals surface area contributed by atoms with E-state index in [0.717, 1.165) is 11.8 Å². The van der Waals surface area contributed by atoms with Gasteiger partial charge in [-0.15, -0.1) is 11.8 Å². The van der Waals surface area contributed by atoms with Crippen molar-refractivity contribution in [3.05, 3.63) is 22.6 Å². The molecule has 19 heavy (non-hydrogen) atoms. The highest BCUT2D eigenvalue weighted by molar-refractivity contribution is 8.04. The molecule has 0 spiro atoms. The van der Waals surface area contributed by atoms with Crippen molar-refractivity contribution in [3.63, 3.8) is 0 Å². The molecule has 0 aromatic heterocycles.